The molecular formula is C20H20ClFN6. The molecule has 4 rings (SSSR count). The predicted molar refractivity (Wildman–Crippen MR) is 110 cm³/mol. The molecule has 0 bridgehead atoms. The Hall–Kier alpha value is -2.93. The Morgan fingerprint density at radius 1 is 0.929 bits per heavy atom. The number of halogens is 2. The van der Waals surface area contributed by atoms with E-state index in [1.165, 1.54) is 37.1 Å². The van der Waals surface area contributed by atoms with Crippen molar-refractivity contribution in [3.63, 3.8) is 0 Å². The van der Waals surface area contributed by atoms with Gasteiger partial charge >= 0.3 is 0 Å². The molecule has 8 heteroatoms. The molecule has 1 aliphatic heterocycles. The summed E-state index contributed by atoms with van der Waals surface area (Å²) < 4.78 is 13.3. The summed E-state index contributed by atoms with van der Waals surface area (Å²) in [4.78, 5) is 6.80. The first-order chi connectivity index (χ1) is 13.7. The minimum Gasteiger partial charge on any atom is -0.372 e. The van der Waals surface area contributed by atoms with Crippen molar-refractivity contribution in [1.29, 1.82) is 0 Å². The predicted octanol–water partition coefficient (Wildman–Crippen LogP) is 5.14. The highest BCUT2D eigenvalue weighted by atomic mass is 35.5. The lowest BCUT2D eigenvalue weighted by Crippen LogP contribution is -2.29. The fourth-order valence-corrected chi connectivity index (χ4v) is 3.36. The Morgan fingerprint density at radius 2 is 1.68 bits per heavy atom. The highest BCUT2D eigenvalue weighted by molar-refractivity contribution is 6.31. The summed E-state index contributed by atoms with van der Waals surface area (Å²) in [6.45, 7) is 2.23. The van der Waals surface area contributed by atoms with Gasteiger partial charge in [0.25, 0.3) is 0 Å². The molecule has 28 heavy (non-hydrogen) atoms. The molecule has 144 valence electrons. The number of anilines is 5. The van der Waals surface area contributed by atoms with Crippen LogP contribution >= 0.6 is 11.6 Å². The first-order valence-corrected chi connectivity index (χ1v) is 9.59. The van der Waals surface area contributed by atoms with Crippen molar-refractivity contribution in [3.8, 4) is 0 Å². The van der Waals surface area contributed by atoms with E-state index in [9.17, 15) is 4.39 Å². The van der Waals surface area contributed by atoms with Gasteiger partial charge in [0.05, 0.1) is 11.2 Å². The van der Waals surface area contributed by atoms with Crippen molar-refractivity contribution in [2.24, 2.45) is 0 Å². The van der Waals surface area contributed by atoms with E-state index in [0.29, 0.717) is 11.5 Å². The first-order valence-electron chi connectivity index (χ1n) is 9.21. The highest BCUT2D eigenvalue weighted by Gasteiger charge is 2.11. The smallest absolute Gasteiger partial charge is 0.249 e. The molecule has 0 amide bonds. The van der Waals surface area contributed by atoms with Crippen LogP contribution in [0.25, 0.3) is 0 Å². The molecule has 1 fully saturated rings. The van der Waals surface area contributed by atoms with Gasteiger partial charge in [0.2, 0.25) is 5.95 Å². The van der Waals surface area contributed by atoms with Gasteiger partial charge in [-0.05, 0) is 61.7 Å². The van der Waals surface area contributed by atoms with E-state index in [1.54, 1.807) is 12.3 Å². The lowest BCUT2D eigenvalue weighted by molar-refractivity contribution is 0.578. The average Bonchev–Trinajstić information content (AvgIpc) is 2.72. The Morgan fingerprint density at radius 3 is 2.43 bits per heavy atom. The molecule has 2 N–H and O–H groups in total. The third-order valence-corrected chi connectivity index (χ3v) is 4.89. The van der Waals surface area contributed by atoms with E-state index < -0.39 is 5.82 Å². The maximum absolute atomic E-state index is 13.3. The average molecular weight is 399 g/mol. The van der Waals surface area contributed by atoms with Crippen LogP contribution < -0.4 is 15.5 Å². The zero-order valence-electron chi connectivity index (χ0n) is 15.2. The van der Waals surface area contributed by atoms with E-state index in [1.807, 2.05) is 12.1 Å². The number of nitrogens with zero attached hydrogens (tertiary/aromatic N) is 4. The van der Waals surface area contributed by atoms with Gasteiger partial charge in [-0.3, -0.25) is 0 Å². The molecule has 1 aromatic heterocycles. The maximum atomic E-state index is 13.3. The number of hydrogen-bond acceptors (Lipinski definition) is 6. The van der Waals surface area contributed by atoms with E-state index in [0.717, 1.165) is 18.8 Å². The zero-order valence-corrected chi connectivity index (χ0v) is 16.0. The molecule has 2 aromatic carbocycles. The molecule has 0 radical (unpaired) electrons. The van der Waals surface area contributed by atoms with Crippen LogP contribution in [0.3, 0.4) is 0 Å². The van der Waals surface area contributed by atoms with Gasteiger partial charge in [0.1, 0.15) is 5.82 Å². The summed E-state index contributed by atoms with van der Waals surface area (Å²) in [6.07, 6.45) is 5.36. The van der Waals surface area contributed by atoms with Crippen molar-refractivity contribution in [1.82, 2.24) is 15.2 Å². The molecule has 0 saturated carbocycles. The summed E-state index contributed by atoms with van der Waals surface area (Å²) in [7, 11) is 0. The standard InChI is InChI=1S/C20H20ClFN6/c21-17-12-15(6-9-18(17)22)25-20-26-19(13-23-27-20)24-14-4-7-16(8-5-14)28-10-2-1-3-11-28/h4-9,12-13H,1-3,10-11H2,(H2,24,25,26,27). The summed E-state index contributed by atoms with van der Waals surface area (Å²) in [6, 6.07) is 12.6. The second kappa shape index (κ2) is 8.39. The van der Waals surface area contributed by atoms with Crippen molar-refractivity contribution in [3.05, 3.63) is 59.5 Å². The molecule has 1 saturated heterocycles. The summed E-state index contributed by atoms with van der Waals surface area (Å²) in [5.41, 5.74) is 2.73. The number of piperidine rings is 1. The maximum Gasteiger partial charge on any atom is 0.249 e. The van der Waals surface area contributed by atoms with Gasteiger partial charge in [-0.15, -0.1) is 5.10 Å². The topological polar surface area (TPSA) is 66.0 Å². The molecule has 1 aliphatic rings. The summed E-state index contributed by atoms with van der Waals surface area (Å²) >= 11 is 5.80. The van der Waals surface area contributed by atoms with Crippen LogP contribution in [-0.4, -0.2) is 28.3 Å². The fourth-order valence-electron chi connectivity index (χ4n) is 3.18. The summed E-state index contributed by atoms with van der Waals surface area (Å²) in [5, 5.41) is 14.1. The van der Waals surface area contributed by atoms with Crippen LogP contribution in [-0.2, 0) is 0 Å². The summed E-state index contributed by atoms with van der Waals surface area (Å²) in [5.74, 6) is 0.365. The van der Waals surface area contributed by atoms with Gasteiger partial charge in [-0.2, -0.15) is 10.1 Å². The monoisotopic (exact) mass is 398 g/mol. The van der Waals surface area contributed by atoms with Crippen molar-refractivity contribution < 1.29 is 4.39 Å². The number of hydrogen-bond donors (Lipinski definition) is 2. The molecule has 0 unspecified atom stereocenters. The Bertz CT molecular complexity index is 944. The molecule has 0 atom stereocenters. The molecule has 0 aliphatic carbocycles. The lowest BCUT2D eigenvalue weighted by atomic mass is 10.1. The second-order valence-corrected chi connectivity index (χ2v) is 7.05. The van der Waals surface area contributed by atoms with Crippen LogP contribution in [0, 0.1) is 5.82 Å². The molecule has 0 spiro atoms. The van der Waals surface area contributed by atoms with Crippen LogP contribution in [0.2, 0.25) is 5.02 Å². The molecule has 6 nitrogen and oxygen atoms in total. The van der Waals surface area contributed by atoms with Crippen LogP contribution in [0.15, 0.2) is 48.7 Å². The van der Waals surface area contributed by atoms with Crippen LogP contribution in [0.4, 0.5) is 33.2 Å². The number of benzene rings is 2. The van der Waals surface area contributed by atoms with E-state index in [-0.39, 0.29) is 11.0 Å². The largest absolute Gasteiger partial charge is 0.372 e. The third kappa shape index (κ3) is 4.48. The second-order valence-electron chi connectivity index (χ2n) is 6.64. The zero-order chi connectivity index (χ0) is 19.3. The van der Waals surface area contributed by atoms with Crippen molar-refractivity contribution >= 4 is 40.4 Å². The van der Waals surface area contributed by atoms with E-state index in [2.05, 4.69) is 42.8 Å². The molecule has 2 heterocycles. The van der Waals surface area contributed by atoms with Gasteiger partial charge in [0, 0.05) is 30.2 Å². The number of nitrogens with one attached hydrogen (secondary N) is 2. The Kier molecular flexibility index (Phi) is 5.53. The number of aromatic nitrogens is 3. The minimum atomic E-state index is -0.477. The fraction of sp³-hybridized carbons (Fsp3) is 0.250. The first kappa shape index (κ1) is 18.4. The molecular weight excluding hydrogens is 379 g/mol. The van der Waals surface area contributed by atoms with Crippen molar-refractivity contribution in [2.75, 3.05) is 28.6 Å². The van der Waals surface area contributed by atoms with Gasteiger partial charge in [0.15, 0.2) is 5.82 Å². The Labute approximate surface area is 167 Å². The van der Waals surface area contributed by atoms with Crippen LogP contribution in [0.1, 0.15) is 19.3 Å². The Balaban J connectivity index is 1.43. The lowest BCUT2D eigenvalue weighted by Gasteiger charge is -2.28. The SMILES string of the molecule is Fc1ccc(Nc2nncc(Nc3ccc(N4CCCCC4)cc3)n2)cc1Cl. The molecule has 3 aromatic rings. The third-order valence-electron chi connectivity index (χ3n) is 4.60. The highest BCUT2D eigenvalue weighted by Crippen LogP contribution is 2.24. The van der Waals surface area contributed by atoms with E-state index in [4.69, 9.17) is 11.6 Å². The minimum absolute atomic E-state index is 0.0287. The van der Waals surface area contributed by atoms with Crippen LogP contribution in [0.5, 0.6) is 0 Å². The van der Waals surface area contributed by atoms with E-state index >= 15 is 0 Å². The van der Waals surface area contributed by atoms with Gasteiger partial charge < -0.3 is 15.5 Å². The quantitative estimate of drug-likeness (QED) is 0.620. The number of rotatable bonds is 5. The van der Waals surface area contributed by atoms with Gasteiger partial charge in [-0.25, -0.2) is 4.39 Å². The van der Waals surface area contributed by atoms with Gasteiger partial charge in [-0.1, -0.05) is 11.6 Å². The van der Waals surface area contributed by atoms with Crippen molar-refractivity contribution in [2.45, 2.75) is 19.3 Å². The normalized spacial score (nSPS) is 14.0.